The van der Waals surface area contributed by atoms with E-state index in [0.717, 1.165) is 11.3 Å². The number of hydrogen-bond acceptors (Lipinski definition) is 5. The second-order valence-corrected chi connectivity index (χ2v) is 7.40. The number of benzene rings is 2. The van der Waals surface area contributed by atoms with Crippen LogP contribution >= 0.6 is 0 Å². The lowest BCUT2D eigenvalue weighted by Gasteiger charge is -2.34. The summed E-state index contributed by atoms with van der Waals surface area (Å²) < 4.78 is 30.2. The molecule has 0 radical (unpaired) electrons. The van der Waals surface area contributed by atoms with Crippen LogP contribution in [0, 0.1) is 5.82 Å². The number of carbonyl (C=O) groups is 1. The quantitative estimate of drug-likeness (QED) is 0.575. The number of furan rings is 1. The highest BCUT2D eigenvalue weighted by Gasteiger charge is 2.24. The minimum Gasteiger partial charge on any atom is -0.494 e. The van der Waals surface area contributed by atoms with Gasteiger partial charge in [0.2, 0.25) is 0 Å². The van der Waals surface area contributed by atoms with Crippen LogP contribution in [0.4, 0.5) is 4.39 Å². The van der Waals surface area contributed by atoms with Gasteiger partial charge in [-0.05, 0) is 42.0 Å². The zero-order valence-electron chi connectivity index (χ0n) is 17.4. The van der Waals surface area contributed by atoms with Crippen molar-refractivity contribution in [3.63, 3.8) is 0 Å². The molecule has 31 heavy (non-hydrogen) atoms. The molecule has 1 aliphatic rings. The molecular formula is C24H25FN2O4. The first-order valence-electron chi connectivity index (χ1n) is 10.2. The zero-order chi connectivity index (χ0) is 21.6. The summed E-state index contributed by atoms with van der Waals surface area (Å²) in [6, 6.07) is 17.9. The third kappa shape index (κ3) is 5.24. The molecule has 3 aromatic rings. The average Bonchev–Trinajstić information content (AvgIpc) is 3.28. The van der Waals surface area contributed by atoms with Gasteiger partial charge in [-0.1, -0.05) is 24.3 Å². The zero-order valence-corrected chi connectivity index (χ0v) is 17.4. The highest BCUT2D eigenvalue weighted by atomic mass is 19.1. The molecule has 1 aliphatic heterocycles. The Morgan fingerprint density at radius 3 is 2.52 bits per heavy atom. The lowest BCUT2D eigenvalue weighted by atomic mass is 10.1. The van der Waals surface area contributed by atoms with E-state index < -0.39 is 0 Å². The normalized spacial score (nSPS) is 14.5. The predicted octanol–water partition coefficient (Wildman–Crippen LogP) is 3.96. The Bertz CT molecular complexity index is 1010. The Balaban J connectivity index is 1.27. The molecule has 162 valence electrons. The third-order valence-corrected chi connectivity index (χ3v) is 5.28. The van der Waals surface area contributed by atoms with Crippen LogP contribution in [0.2, 0.25) is 0 Å². The second kappa shape index (κ2) is 9.66. The van der Waals surface area contributed by atoms with Crippen molar-refractivity contribution in [3.8, 4) is 11.5 Å². The number of para-hydroxylation sites is 1. The van der Waals surface area contributed by atoms with Gasteiger partial charge < -0.3 is 18.8 Å². The Morgan fingerprint density at radius 2 is 1.81 bits per heavy atom. The van der Waals surface area contributed by atoms with E-state index in [0.29, 0.717) is 44.2 Å². The first-order chi connectivity index (χ1) is 15.1. The van der Waals surface area contributed by atoms with Gasteiger partial charge in [-0.2, -0.15) is 0 Å². The number of halogens is 1. The first kappa shape index (κ1) is 20.9. The summed E-state index contributed by atoms with van der Waals surface area (Å²) in [6.45, 7) is 3.50. The molecule has 2 heterocycles. The third-order valence-electron chi connectivity index (χ3n) is 5.28. The van der Waals surface area contributed by atoms with Crippen molar-refractivity contribution in [3.05, 3.63) is 83.6 Å². The summed E-state index contributed by atoms with van der Waals surface area (Å²) in [5.74, 6) is 1.43. The molecule has 4 rings (SSSR count). The van der Waals surface area contributed by atoms with Gasteiger partial charge in [0.25, 0.3) is 5.91 Å². The standard InChI is InChI=1S/C24H25FN2O4/c1-29-22-9-7-18(15-21(22)25)16-26-11-13-27(14-12-26)24(28)23-10-8-20(31-23)17-30-19-5-3-2-4-6-19/h2-10,15H,11-14,16-17H2,1H3. The Hall–Kier alpha value is -3.32. The maximum atomic E-state index is 13.9. The van der Waals surface area contributed by atoms with E-state index in [9.17, 15) is 9.18 Å². The van der Waals surface area contributed by atoms with E-state index in [4.69, 9.17) is 13.9 Å². The maximum Gasteiger partial charge on any atom is 0.289 e. The SMILES string of the molecule is COc1ccc(CN2CCN(C(=O)c3ccc(COc4ccccc4)o3)CC2)cc1F. The molecule has 7 heteroatoms. The Labute approximate surface area is 180 Å². The van der Waals surface area contributed by atoms with Crippen LogP contribution in [0.1, 0.15) is 21.9 Å². The monoisotopic (exact) mass is 424 g/mol. The summed E-state index contributed by atoms with van der Waals surface area (Å²) in [5.41, 5.74) is 0.882. The lowest BCUT2D eigenvalue weighted by molar-refractivity contribution is 0.0594. The van der Waals surface area contributed by atoms with Gasteiger partial charge >= 0.3 is 0 Å². The maximum absolute atomic E-state index is 13.9. The molecule has 0 aliphatic carbocycles. The van der Waals surface area contributed by atoms with Crippen LogP contribution in [-0.4, -0.2) is 49.0 Å². The Morgan fingerprint density at radius 1 is 1.03 bits per heavy atom. The van der Waals surface area contributed by atoms with Crippen molar-refractivity contribution in [2.45, 2.75) is 13.2 Å². The van der Waals surface area contributed by atoms with Crippen LogP contribution in [0.25, 0.3) is 0 Å². The molecule has 2 aromatic carbocycles. The van der Waals surface area contributed by atoms with Crippen LogP contribution in [0.5, 0.6) is 11.5 Å². The van der Waals surface area contributed by atoms with Crippen LogP contribution in [0.3, 0.4) is 0 Å². The van der Waals surface area contributed by atoms with Gasteiger partial charge in [-0.3, -0.25) is 9.69 Å². The van der Waals surface area contributed by atoms with E-state index in [2.05, 4.69) is 4.90 Å². The van der Waals surface area contributed by atoms with Crippen molar-refractivity contribution >= 4 is 5.91 Å². The van der Waals surface area contributed by atoms with E-state index in [1.165, 1.54) is 13.2 Å². The average molecular weight is 424 g/mol. The van der Waals surface area contributed by atoms with Gasteiger partial charge in [0.15, 0.2) is 17.3 Å². The number of nitrogens with zero attached hydrogens (tertiary/aromatic N) is 2. The van der Waals surface area contributed by atoms with E-state index in [1.54, 1.807) is 23.1 Å². The van der Waals surface area contributed by atoms with Crippen LogP contribution in [0.15, 0.2) is 65.1 Å². The van der Waals surface area contributed by atoms with E-state index in [1.807, 2.05) is 36.4 Å². The van der Waals surface area contributed by atoms with Gasteiger partial charge in [-0.25, -0.2) is 4.39 Å². The number of rotatable bonds is 7. The first-order valence-corrected chi connectivity index (χ1v) is 10.2. The topological polar surface area (TPSA) is 55.2 Å². The number of methoxy groups -OCH3 is 1. The predicted molar refractivity (Wildman–Crippen MR) is 114 cm³/mol. The smallest absolute Gasteiger partial charge is 0.289 e. The molecule has 0 atom stereocenters. The summed E-state index contributed by atoms with van der Waals surface area (Å²) >= 11 is 0. The molecule has 1 aromatic heterocycles. The van der Waals surface area contributed by atoms with Crippen molar-refractivity contribution in [2.75, 3.05) is 33.3 Å². The fraction of sp³-hybridized carbons (Fsp3) is 0.292. The van der Waals surface area contributed by atoms with Crippen molar-refractivity contribution in [1.82, 2.24) is 9.80 Å². The van der Waals surface area contributed by atoms with Gasteiger partial charge in [0, 0.05) is 32.7 Å². The number of ether oxygens (including phenoxy) is 2. The van der Waals surface area contributed by atoms with Gasteiger partial charge in [0.05, 0.1) is 7.11 Å². The number of hydrogen-bond donors (Lipinski definition) is 0. The molecule has 0 spiro atoms. The minimum atomic E-state index is -0.362. The molecule has 0 saturated carbocycles. The van der Waals surface area contributed by atoms with Crippen molar-refractivity contribution in [2.24, 2.45) is 0 Å². The summed E-state index contributed by atoms with van der Waals surface area (Å²) in [4.78, 5) is 16.8. The van der Waals surface area contributed by atoms with Crippen molar-refractivity contribution < 1.29 is 23.1 Å². The molecule has 0 N–H and O–H groups in total. The fourth-order valence-electron chi connectivity index (χ4n) is 3.57. The summed E-state index contributed by atoms with van der Waals surface area (Å²) in [7, 11) is 1.45. The summed E-state index contributed by atoms with van der Waals surface area (Å²) in [5, 5.41) is 0. The molecule has 6 nitrogen and oxygen atoms in total. The van der Waals surface area contributed by atoms with E-state index >= 15 is 0 Å². The largest absolute Gasteiger partial charge is 0.494 e. The van der Waals surface area contributed by atoms with Gasteiger partial charge in [0.1, 0.15) is 18.1 Å². The fourth-order valence-corrected chi connectivity index (χ4v) is 3.57. The van der Waals surface area contributed by atoms with Crippen molar-refractivity contribution in [1.29, 1.82) is 0 Å². The Kier molecular flexibility index (Phi) is 6.52. The molecular weight excluding hydrogens is 399 g/mol. The lowest BCUT2D eigenvalue weighted by Crippen LogP contribution is -2.48. The highest BCUT2D eigenvalue weighted by Crippen LogP contribution is 2.20. The number of amides is 1. The number of piperazine rings is 1. The molecule has 1 saturated heterocycles. The summed E-state index contributed by atoms with van der Waals surface area (Å²) in [6.07, 6.45) is 0. The molecule has 0 unspecified atom stereocenters. The van der Waals surface area contributed by atoms with Crippen LogP contribution in [-0.2, 0) is 13.2 Å². The van der Waals surface area contributed by atoms with Crippen LogP contribution < -0.4 is 9.47 Å². The minimum absolute atomic E-state index is 0.124. The highest BCUT2D eigenvalue weighted by molar-refractivity contribution is 5.91. The van der Waals surface area contributed by atoms with E-state index in [-0.39, 0.29) is 24.1 Å². The molecule has 1 fully saturated rings. The second-order valence-electron chi connectivity index (χ2n) is 7.40. The molecule has 0 bridgehead atoms. The number of carbonyl (C=O) groups excluding carboxylic acids is 1. The van der Waals surface area contributed by atoms with Gasteiger partial charge in [-0.15, -0.1) is 0 Å². The molecule has 1 amide bonds.